The minimum Gasteiger partial charge on any atom is -0.318 e. The lowest BCUT2D eigenvalue weighted by atomic mass is 10.1. The minimum atomic E-state index is -0.520. The van der Waals surface area contributed by atoms with Crippen LogP contribution in [0.1, 0.15) is 35.6 Å². The number of thiophene rings is 1. The van der Waals surface area contributed by atoms with Crippen molar-refractivity contribution >= 4 is 45.9 Å². The van der Waals surface area contributed by atoms with E-state index in [0.717, 1.165) is 42.9 Å². The molecule has 1 N–H and O–H groups in total. The number of hydrogen-bond acceptors (Lipinski definition) is 6. The van der Waals surface area contributed by atoms with Crippen molar-refractivity contribution < 1.29 is 9.18 Å². The fraction of sp³-hybridized carbons (Fsp3) is 0.238. The van der Waals surface area contributed by atoms with Crippen LogP contribution in [-0.2, 0) is 13.0 Å². The highest BCUT2D eigenvalue weighted by molar-refractivity contribution is 7.23. The van der Waals surface area contributed by atoms with Gasteiger partial charge in [-0.3, -0.25) is 4.79 Å². The van der Waals surface area contributed by atoms with E-state index in [1.807, 2.05) is 6.07 Å². The third-order valence-electron chi connectivity index (χ3n) is 5.10. The summed E-state index contributed by atoms with van der Waals surface area (Å²) in [5, 5.41) is 13.6. The Kier molecular flexibility index (Phi) is 5.56. The summed E-state index contributed by atoms with van der Waals surface area (Å²) in [6.07, 6.45) is 4.20. The Bertz CT molecular complexity index is 1260. The first-order chi connectivity index (χ1) is 15.1. The van der Waals surface area contributed by atoms with Gasteiger partial charge in [-0.05, 0) is 43.2 Å². The number of nitrogens with one attached hydrogen (secondary N) is 1. The van der Waals surface area contributed by atoms with Crippen LogP contribution in [0.5, 0.6) is 0 Å². The number of aromatic nitrogens is 4. The zero-order valence-corrected chi connectivity index (χ0v) is 18.7. The van der Waals surface area contributed by atoms with Crippen LogP contribution in [0.15, 0.2) is 35.7 Å². The van der Waals surface area contributed by atoms with Gasteiger partial charge in [-0.2, -0.15) is 0 Å². The van der Waals surface area contributed by atoms with Gasteiger partial charge in [-0.25, -0.2) is 9.37 Å². The third-order valence-corrected chi connectivity index (χ3v) is 7.35. The highest BCUT2D eigenvalue weighted by atomic mass is 35.5. The predicted molar refractivity (Wildman–Crippen MR) is 121 cm³/mol. The van der Waals surface area contributed by atoms with Crippen LogP contribution in [0.4, 0.5) is 10.1 Å². The average Bonchev–Trinajstić information content (AvgIpc) is 3.47. The van der Waals surface area contributed by atoms with Gasteiger partial charge >= 0.3 is 0 Å². The number of rotatable bonds is 4. The van der Waals surface area contributed by atoms with E-state index in [9.17, 15) is 9.18 Å². The summed E-state index contributed by atoms with van der Waals surface area (Å²) >= 11 is 8.71. The Hall–Kier alpha value is -2.62. The number of carbonyl (C=O) groups is 1. The fourth-order valence-electron chi connectivity index (χ4n) is 3.57. The summed E-state index contributed by atoms with van der Waals surface area (Å²) in [7, 11) is 0. The van der Waals surface area contributed by atoms with Crippen molar-refractivity contribution in [2.24, 2.45) is 0 Å². The van der Waals surface area contributed by atoms with Gasteiger partial charge in [-0.15, -0.1) is 32.9 Å². The van der Waals surface area contributed by atoms with Crippen LogP contribution < -0.4 is 5.32 Å². The van der Waals surface area contributed by atoms with Gasteiger partial charge in [0.05, 0.1) is 14.9 Å². The van der Waals surface area contributed by atoms with Crippen LogP contribution in [-0.4, -0.2) is 25.7 Å². The first kappa shape index (κ1) is 20.3. The van der Waals surface area contributed by atoms with Crippen molar-refractivity contribution in [2.75, 3.05) is 5.32 Å². The van der Waals surface area contributed by atoms with Gasteiger partial charge in [0, 0.05) is 23.9 Å². The molecule has 3 aromatic heterocycles. The molecule has 1 amide bonds. The third kappa shape index (κ3) is 4.13. The van der Waals surface area contributed by atoms with Gasteiger partial charge in [-0.1, -0.05) is 18.0 Å². The van der Waals surface area contributed by atoms with Crippen molar-refractivity contribution in [3.8, 4) is 21.3 Å². The molecule has 5 rings (SSSR count). The SMILES string of the molecule is O=C(Nc1cc(-c2nnc3n2CCCCC3)ccc1F)c1csc(-c2ccc(Cl)s2)n1. The minimum absolute atomic E-state index is 0.0854. The van der Waals surface area contributed by atoms with E-state index in [4.69, 9.17) is 11.6 Å². The van der Waals surface area contributed by atoms with Gasteiger partial charge in [0.1, 0.15) is 22.3 Å². The maximum Gasteiger partial charge on any atom is 0.275 e. The lowest BCUT2D eigenvalue weighted by Crippen LogP contribution is -2.13. The van der Waals surface area contributed by atoms with Crippen molar-refractivity contribution in [3.05, 3.63) is 57.4 Å². The molecule has 0 fully saturated rings. The molecule has 0 atom stereocenters. The second-order valence-corrected chi connectivity index (χ2v) is 9.77. The zero-order chi connectivity index (χ0) is 21.4. The number of fused-ring (bicyclic) bond motifs is 1. The first-order valence-electron chi connectivity index (χ1n) is 9.83. The summed E-state index contributed by atoms with van der Waals surface area (Å²) < 4.78 is 17.2. The molecule has 1 aliphatic rings. The summed E-state index contributed by atoms with van der Waals surface area (Å²) in [6.45, 7) is 0.838. The second-order valence-electron chi connectivity index (χ2n) is 7.19. The van der Waals surface area contributed by atoms with Gasteiger partial charge in [0.25, 0.3) is 5.91 Å². The number of carbonyl (C=O) groups excluding carboxylic acids is 1. The van der Waals surface area contributed by atoms with E-state index in [1.54, 1.807) is 23.6 Å². The number of aryl methyl sites for hydroxylation is 1. The maximum absolute atomic E-state index is 14.5. The van der Waals surface area contributed by atoms with Crippen molar-refractivity contribution in [1.82, 2.24) is 19.7 Å². The van der Waals surface area contributed by atoms with Crippen LogP contribution >= 0.6 is 34.3 Å². The monoisotopic (exact) mass is 473 g/mol. The summed E-state index contributed by atoms with van der Waals surface area (Å²) in [6, 6.07) is 8.24. The number of hydrogen-bond donors (Lipinski definition) is 1. The van der Waals surface area contributed by atoms with E-state index in [0.29, 0.717) is 20.7 Å². The highest BCUT2D eigenvalue weighted by Crippen LogP contribution is 2.33. The number of halogens is 2. The Morgan fingerprint density at radius 1 is 1.16 bits per heavy atom. The topological polar surface area (TPSA) is 72.7 Å². The zero-order valence-electron chi connectivity index (χ0n) is 16.3. The van der Waals surface area contributed by atoms with Gasteiger partial charge in [0.2, 0.25) is 0 Å². The molecule has 0 aliphatic carbocycles. The lowest BCUT2D eigenvalue weighted by Gasteiger charge is -2.10. The predicted octanol–water partition coefficient (Wildman–Crippen LogP) is 5.90. The van der Waals surface area contributed by atoms with Crippen LogP contribution in [0.3, 0.4) is 0 Å². The molecule has 0 saturated carbocycles. The first-order valence-corrected chi connectivity index (χ1v) is 11.9. The van der Waals surface area contributed by atoms with Crippen molar-refractivity contribution in [3.63, 3.8) is 0 Å². The quantitative estimate of drug-likeness (QED) is 0.400. The van der Waals surface area contributed by atoms with E-state index >= 15 is 0 Å². The maximum atomic E-state index is 14.5. The summed E-state index contributed by atoms with van der Waals surface area (Å²) in [5.41, 5.74) is 1.03. The Balaban J connectivity index is 1.40. The molecule has 158 valence electrons. The molecule has 31 heavy (non-hydrogen) atoms. The molecule has 0 spiro atoms. The average molecular weight is 474 g/mol. The van der Waals surface area contributed by atoms with Crippen LogP contribution in [0.2, 0.25) is 4.34 Å². The second kappa shape index (κ2) is 8.49. The van der Waals surface area contributed by atoms with Crippen molar-refractivity contribution in [1.29, 1.82) is 0 Å². The number of thiazole rings is 1. The summed E-state index contributed by atoms with van der Waals surface area (Å²) in [4.78, 5) is 18.0. The molecule has 6 nitrogen and oxygen atoms in total. The fourth-order valence-corrected chi connectivity index (χ4v) is 5.48. The van der Waals surface area contributed by atoms with E-state index in [1.165, 1.54) is 28.7 Å². The van der Waals surface area contributed by atoms with Gasteiger partial charge < -0.3 is 9.88 Å². The van der Waals surface area contributed by atoms with Crippen LogP contribution in [0, 0.1) is 5.82 Å². The van der Waals surface area contributed by atoms with Gasteiger partial charge in [0.15, 0.2) is 5.82 Å². The molecular formula is C21H17ClFN5OS2. The molecule has 0 radical (unpaired) electrons. The lowest BCUT2D eigenvalue weighted by molar-refractivity contribution is 0.102. The number of nitrogens with zero attached hydrogens (tertiary/aromatic N) is 4. The Morgan fingerprint density at radius 2 is 2.06 bits per heavy atom. The Labute approximate surface area is 190 Å². The molecule has 0 saturated heterocycles. The van der Waals surface area contributed by atoms with E-state index < -0.39 is 11.7 Å². The number of amides is 1. The normalized spacial score (nSPS) is 13.6. The van der Waals surface area contributed by atoms with E-state index in [2.05, 4.69) is 25.1 Å². The van der Waals surface area contributed by atoms with Crippen molar-refractivity contribution in [2.45, 2.75) is 32.2 Å². The molecular weight excluding hydrogens is 457 g/mol. The van der Waals surface area contributed by atoms with E-state index in [-0.39, 0.29) is 11.4 Å². The molecule has 0 bridgehead atoms. The standard InChI is InChI=1S/C21H17ClFN5OS2/c22-17-8-7-16(31-17)21-25-15(11-30-21)20(29)24-14-10-12(5-6-13(14)23)19-27-26-18-4-2-1-3-9-28(18)19/h5-8,10-11H,1-4,9H2,(H,24,29). The molecule has 10 heteroatoms. The molecule has 4 heterocycles. The van der Waals surface area contributed by atoms with Crippen LogP contribution in [0.25, 0.3) is 21.3 Å². The largest absolute Gasteiger partial charge is 0.318 e. The smallest absolute Gasteiger partial charge is 0.275 e. The number of anilines is 1. The molecule has 1 aromatic carbocycles. The molecule has 4 aromatic rings. The molecule has 1 aliphatic heterocycles. The summed E-state index contributed by atoms with van der Waals surface area (Å²) in [5.74, 6) is 0.651. The molecule has 0 unspecified atom stereocenters. The highest BCUT2D eigenvalue weighted by Gasteiger charge is 2.19. The number of benzene rings is 1. The Morgan fingerprint density at radius 3 is 2.90 bits per heavy atom.